The third kappa shape index (κ3) is 2.49. The van der Waals surface area contributed by atoms with Crippen molar-refractivity contribution in [3.05, 3.63) is 35.5 Å². The van der Waals surface area contributed by atoms with E-state index in [0.29, 0.717) is 19.7 Å². The Kier molecular flexibility index (Phi) is 4.08. The van der Waals surface area contributed by atoms with E-state index in [1.165, 1.54) is 0 Å². The number of aliphatic hydroxyl groups is 1. The number of H-pyrrole nitrogens is 1. The Bertz CT molecular complexity index is 787. The van der Waals surface area contributed by atoms with Crippen molar-refractivity contribution in [1.82, 2.24) is 9.88 Å². The molecule has 1 aliphatic carbocycles. The Morgan fingerprint density at radius 3 is 2.76 bits per heavy atom. The summed E-state index contributed by atoms with van der Waals surface area (Å²) >= 11 is 0. The third-order valence-electron chi connectivity index (χ3n) is 6.20. The molecule has 5 nitrogen and oxygen atoms in total. The number of nitrogens with one attached hydrogen (secondary N) is 1. The molecule has 1 saturated carbocycles. The summed E-state index contributed by atoms with van der Waals surface area (Å²) in [4.78, 5) is 18.4. The van der Waals surface area contributed by atoms with Gasteiger partial charge < -0.3 is 19.7 Å². The standard InChI is InChI=1S/C20H26N2O3/c1-3-25-17-12-16(23)20(17)8-10-22(11-9-20)19(24)18-13(2)21-15-7-5-4-6-14(15)18/h4-7,16-17,21,23H,3,8-12H2,1-2H3. The maximum atomic E-state index is 13.1. The molecule has 2 heterocycles. The molecule has 1 aromatic heterocycles. The van der Waals surface area contributed by atoms with E-state index in [4.69, 9.17) is 4.74 Å². The van der Waals surface area contributed by atoms with E-state index in [2.05, 4.69) is 4.98 Å². The van der Waals surface area contributed by atoms with Gasteiger partial charge in [-0.05, 0) is 32.8 Å². The largest absolute Gasteiger partial charge is 0.392 e. The predicted octanol–water partition coefficient (Wildman–Crippen LogP) is 2.87. The van der Waals surface area contributed by atoms with Crippen LogP contribution in [0.1, 0.15) is 42.2 Å². The summed E-state index contributed by atoms with van der Waals surface area (Å²) in [5, 5.41) is 11.3. The maximum absolute atomic E-state index is 13.1. The Labute approximate surface area is 148 Å². The van der Waals surface area contributed by atoms with Gasteiger partial charge >= 0.3 is 0 Å². The van der Waals surface area contributed by atoms with Crippen LogP contribution in [0.5, 0.6) is 0 Å². The second-order valence-corrected chi connectivity index (χ2v) is 7.39. The monoisotopic (exact) mass is 342 g/mol. The molecule has 2 unspecified atom stereocenters. The summed E-state index contributed by atoms with van der Waals surface area (Å²) in [5.41, 5.74) is 2.55. The van der Waals surface area contributed by atoms with Crippen LogP contribution in [0.25, 0.3) is 10.9 Å². The van der Waals surface area contributed by atoms with E-state index < -0.39 is 0 Å². The van der Waals surface area contributed by atoms with Gasteiger partial charge in [0, 0.05) is 48.1 Å². The zero-order chi connectivity index (χ0) is 17.6. The zero-order valence-corrected chi connectivity index (χ0v) is 14.9. The molecule has 4 rings (SSSR count). The molecule has 2 aliphatic rings. The lowest BCUT2D eigenvalue weighted by atomic mass is 9.58. The SMILES string of the molecule is CCOC1CC(O)C12CCN(C(=O)c1c(C)[nH]c3ccccc13)CC2. The minimum absolute atomic E-state index is 0.0894. The van der Waals surface area contributed by atoms with Crippen LogP contribution in [-0.4, -0.2) is 52.8 Å². The van der Waals surface area contributed by atoms with E-state index in [9.17, 15) is 9.90 Å². The number of aryl methyl sites for hydroxylation is 1. The molecule has 0 radical (unpaired) electrons. The summed E-state index contributed by atoms with van der Waals surface area (Å²) < 4.78 is 5.82. The van der Waals surface area contributed by atoms with Crippen LogP contribution >= 0.6 is 0 Å². The Hall–Kier alpha value is -1.85. The maximum Gasteiger partial charge on any atom is 0.256 e. The first-order chi connectivity index (χ1) is 12.1. The average Bonchev–Trinajstić information content (AvgIpc) is 2.97. The average molecular weight is 342 g/mol. The molecule has 25 heavy (non-hydrogen) atoms. The highest BCUT2D eigenvalue weighted by Crippen LogP contribution is 2.51. The van der Waals surface area contributed by atoms with Crippen LogP contribution in [0.2, 0.25) is 0 Å². The fourth-order valence-corrected chi connectivity index (χ4v) is 4.65. The molecule has 1 amide bonds. The number of carbonyl (C=O) groups is 1. The quantitative estimate of drug-likeness (QED) is 0.901. The molecule has 1 saturated heterocycles. The number of likely N-dealkylation sites (tertiary alicyclic amines) is 1. The van der Waals surface area contributed by atoms with Crippen molar-refractivity contribution in [2.45, 2.75) is 45.3 Å². The molecule has 1 aliphatic heterocycles. The molecule has 0 bridgehead atoms. The fraction of sp³-hybridized carbons (Fsp3) is 0.550. The van der Waals surface area contributed by atoms with Crippen LogP contribution in [0.15, 0.2) is 24.3 Å². The van der Waals surface area contributed by atoms with Crippen LogP contribution in [0.4, 0.5) is 0 Å². The number of aromatic nitrogens is 1. The number of carbonyl (C=O) groups excluding carboxylic acids is 1. The lowest BCUT2D eigenvalue weighted by molar-refractivity contribution is -0.207. The number of aromatic amines is 1. The molecule has 1 aromatic carbocycles. The number of fused-ring (bicyclic) bond motifs is 1. The van der Waals surface area contributed by atoms with Gasteiger partial charge in [0.15, 0.2) is 0 Å². The minimum atomic E-state index is -0.295. The van der Waals surface area contributed by atoms with Crippen LogP contribution in [0, 0.1) is 12.3 Å². The summed E-state index contributed by atoms with van der Waals surface area (Å²) in [6.07, 6.45) is 2.19. The van der Waals surface area contributed by atoms with Crippen molar-refractivity contribution in [1.29, 1.82) is 0 Å². The highest BCUT2D eigenvalue weighted by Gasteiger charge is 2.56. The van der Waals surface area contributed by atoms with Gasteiger partial charge in [0.05, 0.1) is 17.8 Å². The molecular formula is C20H26N2O3. The third-order valence-corrected chi connectivity index (χ3v) is 6.20. The van der Waals surface area contributed by atoms with Gasteiger partial charge in [0.2, 0.25) is 0 Å². The lowest BCUT2D eigenvalue weighted by Gasteiger charge is -2.56. The number of rotatable bonds is 3. The number of para-hydroxylation sites is 1. The van der Waals surface area contributed by atoms with Crippen molar-refractivity contribution >= 4 is 16.8 Å². The van der Waals surface area contributed by atoms with Crippen LogP contribution in [-0.2, 0) is 4.74 Å². The van der Waals surface area contributed by atoms with Crippen LogP contribution in [0.3, 0.4) is 0 Å². The normalized spacial score (nSPS) is 25.3. The first-order valence-corrected chi connectivity index (χ1v) is 9.23. The molecule has 134 valence electrons. The first-order valence-electron chi connectivity index (χ1n) is 9.23. The van der Waals surface area contributed by atoms with Gasteiger partial charge in [-0.2, -0.15) is 0 Å². The number of piperidine rings is 1. The highest BCUT2D eigenvalue weighted by atomic mass is 16.5. The van der Waals surface area contributed by atoms with Crippen molar-refractivity contribution in [3.8, 4) is 0 Å². The van der Waals surface area contributed by atoms with E-state index in [1.807, 2.05) is 43.0 Å². The summed E-state index contributed by atoms with van der Waals surface area (Å²) in [6.45, 7) is 5.99. The number of hydrogen-bond donors (Lipinski definition) is 2. The summed E-state index contributed by atoms with van der Waals surface area (Å²) in [6, 6.07) is 7.94. The van der Waals surface area contributed by atoms with Crippen molar-refractivity contribution in [2.24, 2.45) is 5.41 Å². The Morgan fingerprint density at radius 2 is 2.08 bits per heavy atom. The number of amides is 1. The first kappa shape index (κ1) is 16.6. The van der Waals surface area contributed by atoms with E-state index in [-0.39, 0.29) is 23.5 Å². The smallest absolute Gasteiger partial charge is 0.256 e. The van der Waals surface area contributed by atoms with Crippen molar-refractivity contribution in [3.63, 3.8) is 0 Å². The Morgan fingerprint density at radius 1 is 1.36 bits per heavy atom. The topological polar surface area (TPSA) is 65.6 Å². The van der Waals surface area contributed by atoms with E-state index in [0.717, 1.165) is 41.4 Å². The number of ether oxygens (including phenoxy) is 1. The predicted molar refractivity (Wildman–Crippen MR) is 96.6 cm³/mol. The molecular weight excluding hydrogens is 316 g/mol. The molecule has 2 N–H and O–H groups in total. The van der Waals surface area contributed by atoms with Gasteiger partial charge in [0.25, 0.3) is 5.91 Å². The van der Waals surface area contributed by atoms with E-state index >= 15 is 0 Å². The molecule has 2 aromatic rings. The number of hydrogen-bond acceptors (Lipinski definition) is 3. The Balaban J connectivity index is 1.53. The molecule has 2 atom stereocenters. The summed E-state index contributed by atoms with van der Waals surface area (Å²) in [5.74, 6) is 0.0894. The van der Waals surface area contributed by atoms with Crippen LogP contribution < -0.4 is 0 Å². The van der Waals surface area contributed by atoms with E-state index in [1.54, 1.807) is 0 Å². The van der Waals surface area contributed by atoms with Crippen molar-refractivity contribution < 1.29 is 14.6 Å². The van der Waals surface area contributed by atoms with Gasteiger partial charge in [-0.1, -0.05) is 18.2 Å². The number of benzene rings is 1. The minimum Gasteiger partial charge on any atom is -0.392 e. The highest BCUT2D eigenvalue weighted by molar-refractivity contribution is 6.08. The van der Waals surface area contributed by atoms with Crippen molar-refractivity contribution in [2.75, 3.05) is 19.7 Å². The van der Waals surface area contributed by atoms with Gasteiger partial charge in [0.1, 0.15) is 0 Å². The second kappa shape index (κ2) is 6.15. The van der Waals surface area contributed by atoms with Gasteiger partial charge in [-0.15, -0.1) is 0 Å². The number of nitrogens with zero attached hydrogens (tertiary/aromatic N) is 1. The van der Waals surface area contributed by atoms with Gasteiger partial charge in [-0.3, -0.25) is 4.79 Å². The molecule has 1 spiro atoms. The zero-order valence-electron chi connectivity index (χ0n) is 14.9. The fourth-order valence-electron chi connectivity index (χ4n) is 4.65. The number of aliphatic hydroxyl groups excluding tert-OH is 1. The lowest BCUT2D eigenvalue weighted by Crippen LogP contribution is -2.62. The molecule has 2 fully saturated rings. The summed E-state index contributed by atoms with van der Waals surface area (Å²) in [7, 11) is 0. The van der Waals surface area contributed by atoms with Gasteiger partial charge in [-0.25, -0.2) is 0 Å². The second-order valence-electron chi connectivity index (χ2n) is 7.39. The molecule has 5 heteroatoms.